The van der Waals surface area contributed by atoms with Crippen molar-refractivity contribution in [3.8, 4) is 0 Å². The van der Waals surface area contributed by atoms with Crippen LogP contribution in [-0.4, -0.2) is 48.1 Å². The first kappa shape index (κ1) is 15.6. The molecule has 1 saturated heterocycles. The van der Waals surface area contributed by atoms with E-state index in [9.17, 15) is 13.6 Å². The van der Waals surface area contributed by atoms with Crippen molar-refractivity contribution in [3.05, 3.63) is 30.1 Å². The van der Waals surface area contributed by atoms with Crippen LogP contribution >= 0.6 is 0 Å². The predicted molar refractivity (Wildman–Crippen MR) is 73.1 cm³/mol. The van der Waals surface area contributed by atoms with E-state index in [-0.39, 0.29) is 12.6 Å². The van der Waals surface area contributed by atoms with Gasteiger partial charge in [0.2, 0.25) is 0 Å². The van der Waals surface area contributed by atoms with E-state index in [1.54, 1.807) is 19.4 Å². The summed E-state index contributed by atoms with van der Waals surface area (Å²) >= 11 is 0. The number of amides is 2. The number of pyridine rings is 1. The molecule has 7 heteroatoms. The fraction of sp³-hybridized carbons (Fsp3) is 0.571. The zero-order chi connectivity index (χ0) is 15.5. The average molecular weight is 299 g/mol. The maximum absolute atomic E-state index is 13.5. The third kappa shape index (κ3) is 3.47. The molecule has 1 aliphatic heterocycles. The highest BCUT2D eigenvalue weighted by Gasteiger charge is 2.46. The average Bonchev–Trinajstić information content (AvgIpc) is 2.79. The van der Waals surface area contributed by atoms with E-state index in [1.807, 2.05) is 19.1 Å². The zero-order valence-corrected chi connectivity index (χ0v) is 12.1. The summed E-state index contributed by atoms with van der Waals surface area (Å²) < 4.78 is 31.7. The first-order valence-corrected chi connectivity index (χ1v) is 6.84. The fourth-order valence-corrected chi connectivity index (χ4v) is 2.39. The van der Waals surface area contributed by atoms with E-state index >= 15 is 0 Å². The van der Waals surface area contributed by atoms with Gasteiger partial charge in [-0.2, -0.15) is 0 Å². The lowest BCUT2D eigenvalue weighted by Crippen LogP contribution is -2.51. The molecule has 2 amide bonds. The molecule has 116 valence electrons. The summed E-state index contributed by atoms with van der Waals surface area (Å²) in [5.41, 5.74) is 0.916. The molecular formula is C14H19F2N3O2. The molecule has 2 atom stereocenters. The highest BCUT2D eigenvalue weighted by atomic mass is 19.3. The van der Waals surface area contributed by atoms with E-state index < -0.39 is 24.6 Å². The number of hydrogen-bond acceptors (Lipinski definition) is 3. The molecule has 1 N–H and O–H groups in total. The van der Waals surface area contributed by atoms with Crippen molar-refractivity contribution in [2.45, 2.75) is 31.4 Å². The van der Waals surface area contributed by atoms with Crippen LogP contribution in [0.5, 0.6) is 0 Å². The summed E-state index contributed by atoms with van der Waals surface area (Å²) in [6.45, 7) is 1.12. The second-order valence-electron chi connectivity index (χ2n) is 5.09. The SMILES string of the molecule is CC[C@@H](c1ccncc1)N(C)C(=O)N[C@H]1COCC1(F)F. The fourth-order valence-electron chi connectivity index (χ4n) is 2.39. The number of hydrogen-bond donors (Lipinski definition) is 1. The summed E-state index contributed by atoms with van der Waals surface area (Å²) in [6, 6.07) is 1.62. The molecule has 21 heavy (non-hydrogen) atoms. The molecular weight excluding hydrogens is 280 g/mol. The second kappa shape index (κ2) is 6.34. The molecule has 0 radical (unpaired) electrons. The Morgan fingerprint density at radius 3 is 2.76 bits per heavy atom. The number of rotatable bonds is 4. The molecule has 1 aromatic rings. The van der Waals surface area contributed by atoms with E-state index in [0.717, 1.165) is 5.56 Å². The van der Waals surface area contributed by atoms with Crippen LogP contribution in [0.25, 0.3) is 0 Å². The van der Waals surface area contributed by atoms with Crippen molar-refractivity contribution in [2.75, 3.05) is 20.3 Å². The first-order valence-electron chi connectivity index (χ1n) is 6.84. The number of halogens is 2. The topological polar surface area (TPSA) is 54.5 Å². The lowest BCUT2D eigenvalue weighted by Gasteiger charge is -2.29. The Bertz CT molecular complexity index is 484. The molecule has 5 nitrogen and oxygen atoms in total. The molecule has 0 aromatic carbocycles. The molecule has 1 aliphatic rings. The van der Waals surface area contributed by atoms with Gasteiger partial charge < -0.3 is 15.0 Å². The number of nitrogens with zero attached hydrogens (tertiary/aromatic N) is 2. The lowest BCUT2D eigenvalue weighted by molar-refractivity contribution is -0.0224. The van der Waals surface area contributed by atoms with Crippen LogP contribution in [-0.2, 0) is 4.74 Å². The number of carbonyl (C=O) groups is 1. The van der Waals surface area contributed by atoms with Crippen LogP contribution in [0.3, 0.4) is 0 Å². The van der Waals surface area contributed by atoms with Gasteiger partial charge in [0, 0.05) is 19.4 Å². The Morgan fingerprint density at radius 1 is 1.57 bits per heavy atom. The van der Waals surface area contributed by atoms with E-state index in [1.165, 1.54) is 4.90 Å². The van der Waals surface area contributed by atoms with Gasteiger partial charge in [0.05, 0.1) is 12.6 Å². The van der Waals surface area contributed by atoms with Gasteiger partial charge in [-0.25, -0.2) is 13.6 Å². The molecule has 1 aromatic heterocycles. The summed E-state index contributed by atoms with van der Waals surface area (Å²) in [6.07, 6.45) is 3.96. The first-order chi connectivity index (χ1) is 9.95. The minimum Gasteiger partial charge on any atom is -0.373 e. The quantitative estimate of drug-likeness (QED) is 0.927. The Balaban J connectivity index is 2.04. The molecule has 0 unspecified atom stereocenters. The Morgan fingerprint density at radius 2 is 2.24 bits per heavy atom. The highest BCUT2D eigenvalue weighted by molar-refractivity contribution is 5.75. The largest absolute Gasteiger partial charge is 0.373 e. The molecule has 0 spiro atoms. The van der Waals surface area contributed by atoms with Gasteiger partial charge in [-0.05, 0) is 24.1 Å². The van der Waals surface area contributed by atoms with Crippen molar-refractivity contribution in [2.24, 2.45) is 0 Å². The molecule has 0 aliphatic carbocycles. The van der Waals surface area contributed by atoms with Crippen LogP contribution in [0.4, 0.5) is 13.6 Å². The van der Waals surface area contributed by atoms with Crippen molar-refractivity contribution >= 4 is 6.03 Å². The van der Waals surface area contributed by atoms with Crippen molar-refractivity contribution in [3.63, 3.8) is 0 Å². The lowest BCUT2D eigenvalue weighted by atomic mass is 10.1. The number of aromatic nitrogens is 1. The van der Waals surface area contributed by atoms with Gasteiger partial charge in [-0.15, -0.1) is 0 Å². The van der Waals surface area contributed by atoms with Crippen LogP contribution in [0.15, 0.2) is 24.5 Å². The normalized spacial score (nSPS) is 21.8. The summed E-state index contributed by atoms with van der Waals surface area (Å²) in [5.74, 6) is -3.02. The Kier molecular flexibility index (Phi) is 4.72. The minimum absolute atomic E-state index is 0.168. The Labute approximate surface area is 122 Å². The van der Waals surface area contributed by atoms with Gasteiger partial charge in [0.25, 0.3) is 5.92 Å². The minimum atomic E-state index is -3.02. The standard InChI is InChI=1S/C14H19F2N3O2/c1-3-11(10-4-6-17-7-5-10)19(2)13(20)18-12-8-21-9-14(12,15)16/h4-7,11-12H,3,8-9H2,1-2H3,(H,18,20)/t11-,12-/m0/s1. The second-order valence-corrected chi connectivity index (χ2v) is 5.09. The number of urea groups is 1. The number of nitrogens with one attached hydrogen (secondary N) is 1. The monoisotopic (exact) mass is 299 g/mol. The van der Waals surface area contributed by atoms with Gasteiger partial charge in [-0.3, -0.25) is 4.98 Å². The molecule has 2 rings (SSSR count). The maximum Gasteiger partial charge on any atom is 0.318 e. The third-order valence-corrected chi connectivity index (χ3v) is 3.65. The molecule has 0 saturated carbocycles. The van der Waals surface area contributed by atoms with Crippen molar-refractivity contribution in [1.82, 2.24) is 15.2 Å². The van der Waals surface area contributed by atoms with Crippen LogP contribution in [0.2, 0.25) is 0 Å². The van der Waals surface area contributed by atoms with E-state index in [2.05, 4.69) is 10.3 Å². The van der Waals surface area contributed by atoms with Crippen LogP contribution < -0.4 is 5.32 Å². The molecule has 1 fully saturated rings. The number of ether oxygens (including phenoxy) is 1. The van der Waals surface area contributed by atoms with Crippen molar-refractivity contribution in [1.29, 1.82) is 0 Å². The van der Waals surface area contributed by atoms with Crippen molar-refractivity contribution < 1.29 is 18.3 Å². The molecule has 2 heterocycles. The molecule has 0 bridgehead atoms. The summed E-state index contributed by atoms with van der Waals surface area (Å²) in [7, 11) is 1.60. The third-order valence-electron chi connectivity index (χ3n) is 3.65. The summed E-state index contributed by atoms with van der Waals surface area (Å²) in [5, 5.41) is 2.35. The predicted octanol–water partition coefficient (Wildman–Crippen LogP) is 2.21. The highest BCUT2D eigenvalue weighted by Crippen LogP contribution is 2.27. The van der Waals surface area contributed by atoms with E-state index in [0.29, 0.717) is 6.42 Å². The van der Waals surface area contributed by atoms with Gasteiger partial charge in [-0.1, -0.05) is 6.92 Å². The summed E-state index contributed by atoms with van der Waals surface area (Å²) in [4.78, 5) is 17.5. The van der Waals surface area contributed by atoms with E-state index in [4.69, 9.17) is 4.74 Å². The van der Waals surface area contributed by atoms with Gasteiger partial charge in [0.1, 0.15) is 12.6 Å². The number of alkyl halides is 2. The Hall–Kier alpha value is -1.76. The maximum atomic E-state index is 13.5. The van der Waals surface area contributed by atoms with Gasteiger partial charge in [0.15, 0.2) is 0 Å². The number of carbonyl (C=O) groups excluding carboxylic acids is 1. The van der Waals surface area contributed by atoms with Crippen LogP contribution in [0.1, 0.15) is 24.9 Å². The van der Waals surface area contributed by atoms with Crippen LogP contribution in [0, 0.1) is 0 Å². The van der Waals surface area contributed by atoms with Gasteiger partial charge >= 0.3 is 6.03 Å². The smallest absolute Gasteiger partial charge is 0.318 e. The zero-order valence-electron chi connectivity index (χ0n) is 12.1.